The average molecular weight is 337 g/mol. The largest absolute Gasteiger partial charge is 0.376 e. The molecule has 22 heavy (non-hydrogen) atoms. The van der Waals surface area contributed by atoms with Crippen molar-refractivity contribution in [2.24, 2.45) is 0 Å². The number of hydrogen-bond acceptors (Lipinski definition) is 7. The summed E-state index contributed by atoms with van der Waals surface area (Å²) in [5, 5.41) is 21.6. The molecule has 0 radical (unpaired) electrons. The van der Waals surface area contributed by atoms with Crippen LogP contribution in [0.25, 0.3) is 11.4 Å². The molecule has 2 heterocycles. The molecule has 0 aliphatic rings. The first kappa shape index (κ1) is 14.5. The van der Waals surface area contributed by atoms with Crippen molar-refractivity contribution in [3.63, 3.8) is 0 Å². The van der Waals surface area contributed by atoms with Crippen molar-refractivity contribution in [2.45, 2.75) is 6.54 Å². The zero-order valence-electron chi connectivity index (χ0n) is 11.0. The number of anilines is 1. The molecule has 0 aliphatic heterocycles. The van der Waals surface area contributed by atoms with Crippen molar-refractivity contribution in [1.29, 1.82) is 0 Å². The minimum absolute atomic E-state index is 0.0908. The van der Waals surface area contributed by atoms with Gasteiger partial charge in [-0.1, -0.05) is 16.8 Å². The number of thiophene rings is 1. The van der Waals surface area contributed by atoms with Crippen molar-refractivity contribution in [3.8, 4) is 11.4 Å². The van der Waals surface area contributed by atoms with Crippen LogP contribution in [0.15, 0.2) is 39.5 Å². The average Bonchev–Trinajstić information content (AvgIpc) is 3.17. The third-order valence-electron chi connectivity index (χ3n) is 2.83. The van der Waals surface area contributed by atoms with Gasteiger partial charge in [0.2, 0.25) is 11.7 Å². The maximum Gasteiger partial charge on any atom is 0.289 e. The number of nitro groups is 1. The van der Waals surface area contributed by atoms with E-state index in [1.807, 2.05) is 16.8 Å². The van der Waals surface area contributed by atoms with E-state index in [0.717, 1.165) is 5.56 Å². The van der Waals surface area contributed by atoms with Gasteiger partial charge in [0.1, 0.15) is 5.02 Å². The van der Waals surface area contributed by atoms with E-state index in [4.69, 9.17) is 16.1 Å². The van der Waals surface area contributed by atoms with Crippen LogP contribution in [0.4, 0.5) is 11.4 Å². The number of aromatic nitrogens is 2. The first-order valence-electron chi connectivity index (χ1n) is 6.16. The van der Waals surface area contributed by atoms with Crippen LogP contribution in [0.5, 0.6) is 0 Å². The summed E-state index contributed by atoms with van der Waals surface area (Å²) >= 11 is 7.31. The van der Waals surface area contributed by atoms with Crippen LogP contribution in [-0.4, -0.2) is 15.1 Å². The third kappa shape index (κ3) is 3.07. The lowest BCUT2D eigenvalue weighted by molar-refractivity contribution is -0.384. The molecule has 0 bridgehead atoms. The van der Waals surface area contributed by atoms with Gasteiger partial charge < -0.3 is 9.84 Å². The summed E-state index contributed by atoms with van der Waals surface area (Å²) in [7, 11) is 0. The van der Waals surface area contributed by atoms with Gasteiger partial charge in [-0.2, -0.15) is 16.3 Å². The fraction of sp³-hybridized carbons (Fsp3) is 0.0769. The molecule has 0 saturated heterocycles. The smallest absolute Gasteiger partial charge is 0.289 e. The van der Waals surface area contributed by atoms with E-state index in [-0.39, 0.29) is 17.3 Å². The highest BCUT2D eigenvalue weighted by molar-refractivity contribution is 7.08. The fourth-order valence-corrected chi connectivity index (χ4v) is 2.60. The van der Waals surface area contributed by atoms with E-state index < -0.39 is 4.92 Å². The molecule has 2 aromatic heterocycles. The first-order valence-corrected chi connectivity index (χ1v) is 7.48. The molecule has 0 spiro atoms. The van der Waals surface area contributed by atoms with Gasteiger partial charge in [0.25, 0.3) is 5.69 Å². The summed E-state index contributed by atoms with van der Waals surface area (Å²) in [5.41, 5.74) is 1.28. The Kier molecular flexibility index (Phi) is 4.03. The SMILES string of the molecule is O=[N+]([O-])c1cc(NCc2nc(-c3ccsc3)no2)ccc1Cl. The normalized spacial score (nSPS) is 10.6. The Morgan fingerprint density at radius 2 is 2.27 bits per heavy atom. The van der Waals surface area contributed by atoms with Gasteiger partial charge in [0.15, 0.2) is 0 Å². The molecule has 3 rings (SSSR count). The van der Waals surface area contributed by atoms with Crippen molar-refractivity contribution in [3.05, 3.63) is 56.1 Å². The lowest BCUT2D eigenvalue weighted by atomic mass is 10.3. The lowest BCUT2D eigenvalue weighted by Crippen LogP contribution is -2.00. The zero-order chi connectivity index (χ0) is 15.5. The van der Waals surface area contributed by atoms with Gasteiger partial charge in [-0.15, -0.1) is 0 Å². The zero-order valence-corrected chi connectivity index (χ0v) is 12.6. The molecule has 0 saturated carbocycles. The second-order valence-electron chi connectivity index (χ2n) is 4.30. The van der Waals surface area contributed by atoms with E-state index in [1.165, 1.54) is 12.1 Å². The Hall–Kier alpha value is -2.45. The maximum atomic E-state index is 10.8. The second-order valence-corrected chi connectivity index (χ2v) is 5.49. The summed E-state index contributed by atoms with van der Waals surface area (Å²) in [4.78, 5) is 14.6. The third-order valence-corrected chi connectivity index (χ3v) is 3.84. The molecule has 0 atom stereocenters. The van der Waals surface area contributed by atoms with Crippen LogP contribution < -0.4 is 5.32 Å². The Labute approximate surface area is 133 Å². The van der Waals surface area contributed by atoms with Gasteiger partial charge in [-0.25, -0.2) is 0 Å². The molecule has 112 valence electrons. The molecular weight excluding hydrogens is 328 g/mol. The van der Waals surface area contributed by atoms with Crippen LogP contribution in [0, 0.1) is 10.1 Å². The molecule has 3 aromatic rings. The van der Waals surface area contributed by atoms with Crippen molar-refractivity contribution >= 4 is 34.3 Å². The van der Waals surface area contributed by atoms with Crippen LogP contribution in [0.1, 0.15) is 5.89 Å². The number of nitrogens with zero attached hydrogens (tertiary/aromatic N) is 3. The van der Waals surface area contributed by atoms with Gasteiger partial charge in [-0.05, 0) is 23.6 Å². The number of nitrogens with one attached hydrogen (secondary N) is 1. The standard InChI is InChI=1S/C13H9ClN4O3S/c14-10-2-1-9(5-11(10)18(19)20)15-6-12-16-13(17-21-12)8-3-4-22-7-8/h1-5,7,15H,6H2. The van der Waals surface area contributed by atoms with Crippen molar-refractivity contribution in [1.82, 2.24) is 10.1 Å². The highest BCUT2D eigenvalue weighted by Gasteiger charge is 2.13. The Morgan fingerprint density at radius 3 is 3.00 bits per heavy atom. The van der Waals surface area contributed by atoms with E-state index in [2.05, 4.69) is 15.5 Å². The van der Waals surface area contributed by atoms with E-state index in [1.54, 1.807) is 17.4 Å². The minimum atomic E-state index is -0.533. The van der Waals surface area contributed by atoms with Crippen LogP contribution >= 0.6 is 22.9 Å². The van der Waals surface area contributed by atoms with Crippen LogP contribution in [0.2, 0.25) is 5.02 Å². The molecule has 7 nitrogen and oxygen atoms in total. The van der Waals surface area contributed by atoms with E-state index in [0.29, 0.717) is 17.4 Å². The van der Waals surface area contributed by atoms with Gasteiger partial charge in [0, 0.05) is 22.7 Å². The molecule has 0 unspecified atom stereocenters. The van der Waals surface area contributed by atoms with Gasteiger partial charge in [0.05, 0.1) is 11.5 Å². The molecule has 1 N–H and O–H groups in total. The number of nitro benzene ring substituents is 1. The molecule has 9 heteroatoms. The summed E-state index contributed by atoms with van der Waals surface area (Å²) in [6.45, 7) is 0.260. The second kappa shape index (κ2) is 6.12. The topological polar surface area (TPSA) is 94.1 Å². The highest BCUT2D eigenvalue weighted by atomic mass is 35.5. The molecule has 1 aromatic carbocycles. The molecule has 0 aliphatic carbocycles. The molecule has 0 amide bonds. The van der Waals surface area contributed by atoms with Gasteiger partial charge in [-0.3, -0.25) is 10.1 Å². The molecular formula is C13H9ClN4O3S. The van der Waals surface area contributed by atoms with E-state index >= 15 is 0 Å². The predicted octanol–water partition coefficient (Wildman–Crippen LogP) is 3.97. The number of rotatable bonds is 5. The Balaban J connectivity index is 1.70. The Bertz CT molecular complexity index is 803. The quantitative estimate of drug-likeness (QED) is 0.559. The molecule has 0 fully saturated rings. The summed E-state index contributed by atoms with van der Waals surface area (Å²) < 4.78 is 5.13. The number of benzene rings is 1. The summed E-state index contributed by atoms with van der Waals surface area (Å²) in [6.07, 6.45) is 0. The van der Waals surface area contributed by atoms with Crippen LogP contribution in [0.3, 0.4) is 0 Å². The van der Waals surface area contributed by atoms with Crippen molar-refractivity contribution < 1.29 is 9.45 Å². The van der Waals surface area contributed by atoms with Crippen LogP contribution in [-0.2, 0) is 6.54 Å². The number of hydrogen-bond donors (Lipinski definition) is 1. The lowest BCUT2D eigenvalue weighted by Gasteiger charge is -2.03. The summed E-state index contributed by atoms with van der Waals surface area (Å²) in [5.74, 6) is 0.902. The fourth-order valence-electron chi connectivity index (χ4n) is 1.78. The maximum absolute atomic E-state index is 10.8. The first-order chi connectivity index (χ1) is 10.6. The monoisotopic (exact) mass is 336 g/mol. The Morgan fingerprint density at radius 1 is 1.41 bits per heavy atom. The van der Waals surface area contributed by atoms with E-state index in [9.17, 15) is 10.1 Å². The van der Waals surface area contributed by atoms with Gasteiger partial charge >= 0.3 is 0 Å². The predicted molar refractivity (Wildman–Crippen MR) is 83.0 cm³/mol. The highest BCUT2D eigenvalue weighted by Crippen LogP contribution is 2.27. The van der Waals surface area contributed by atoms with Crippen molar-refractivity contribution in [2.75, 3.05) is 5.32 Å². The minimum Gasteiger partial charge on any atom is -0.376 e. The number of halogens is 1. The summed E-state index contributed by atoms with van der Waals surface area (Å²) in [6, 6.07) is 6.37.